The van der Waals surface area contributed by atoms with Gasteiger partial charge in [-0.1, -0.05) is 53.6 Å². The molecule has 0 aliphatic carbocycles. The summed E-state index contributed by atoms with van der Waals surface area (Å²) in [5.41, 5.74) is 3.12. The Morgan fingerprint density at radius 2 is 1.35 bits per heavy atom. The molecule has 3 aromatic carbocycles. The first kappa shape index (κ1) is 26.8. The first-order chi connectivity index (χ1) is 17.5. The van der Waals surface area contributed by atoms with Crippen LogP contribution in [0, 0.1) is 20.8 Å². The van der Waals surface area contributed by atoms with Gasteiger partial charge in [0.1, 0.15) is 6.54 Å². The van der Waals surface area contributed by atoms with E-state index in [0.717, 1.165) is 21.0 Å². The van der Waals surface area contributed by atoms with E-state index in [1.54, 1.807) is 48.5 Å². The normalized spacial score (nSPS) is 14.9. The number of nitrogens with zero attached hydrogens (tertiary/aromatic N) is 3. The van der Waals surface area contributed by atoms with Crippen molar-refractivity contribution in [3.05, 3.63) is 89.5 Å². The second kappa shape index (κ2) is 10.6. The lowest BCUT2D eigenvalue weighted by atomic mass is 10.1. The summed E-state index contributed by atoms with van der Waals surface area (Å²) in [7, 11) is -7.69. The van der Waals surface area contributed by atoms with Crippen LogP contribution in [0.15, 0.2) is 82.6 Å². The van der Waals surface area contributed by atoms with Gasteiger partial charge in [-0.15, -0.1) is 0 Å². The van der Waals surface area contributed by atoms with Crippen molar-refractivity contribution in [3.8, 4) is 0 Å². The van der Waals surface area contributed by atoms with Gasteiger partial charge in [-0.2, -0.15) is 4.31 Å². The number of hydrogen-bond acceptors (Lipinski definition) is 5. The number of amides is 1. The molecule has 0 aromatic heterocycles. The number of piperazine rings is 1. The van der Waals surface area contributed by atoms with E-state index in [4.69, 9.17) is 0 Å². The van der Waals surface area contributed by atoms with Crippen LogP contribution in [0.4, 0.5) is 5.69 Å². The maximum absolute atomic E-state index is 13.6. The van der Waals surface area contributed by atoms with Crippen LogP contribution in [0.2, 0.25) is 0 Å². The largest absolute Gasteiger partial charge is 0.338 e. The molecule has 0 atom stereocenters. The van der Waals surface area contributed by atoms with Gasteiger partial charge in [0, 0.05) is 26.2 Å². The number of anilines is 1. The van der Waals surface area contributed by atoms with E-state index < -0.39 is 20.0 Å². The van der Waals surface area contributed by atoms with Crippen LogP contribution in [-0.4, -0.2) is 64.7 Å². The fourth-order valence-electron chi connectivity index (χ4n) is 4.36. The molecular weight excluding hydrogens is 510 g/mol. The molecule has 4 rings (SSSR count). The molecule has 0 radical (unpaired) electrons. The molecule has 196 valence electrons. The smallest absolute Gasteiger partial charge is 0.264 e. The predicted molar refractivity (Wildman–Crippen MR) is 143 cm³/mol. The number of rotatable bonds is 7. The van der Waals surface area contributed by atoms with Crippen LogP contribution >= 0.6 is 0 Å². The molecule has 1 saturated heterocycles. The van der Waals surface area contributed by atoms with Crippen LogP contribution in [0.5, 0.6) is 0 Å². The van der Waals surface area contributed by atoms with Crippen molar-refractivity contribution in [1.29, 1.82) is 0 Å². The number of benzene rings is 3. The Hall–Kier alpha value is -3.21. The summed E-state index contributed by atoms with van der Waals surface area (Å²) in [5, 5.41) is 0. The van der Waals surface area contributed by atoms with Crippen LogP contribution in [0.3, 0.4) is 0 Å². The highest BCUT2D eigenvalue weighted by atomic mass is 32.2. The molecule has 0 spiro atoms. The Kier molecular flexibility index (Phi) is 7.72. The third-order valence-electron chi connectivity index (χ3n) is 6.48. The van der Waals surface area contributed by atoms with Gasteiger partial charge in [0.2, 0.25) is 15.9 Å². The predicted octanol–water partition coefficient (Wildman–Crippen LogP) is 3.34. The van der Waals surface area contributed by atoms with Gasteiger partial charge in [-0.25, -0.2) is 16.8 Å². The Balaban J connectivity index is 1.54. The van der Waals surface area contributed by atoms with E-state index in [2.05, 4.69) is 0 Å². The van der Waals surface area contributed by atoms with Crippen LogP contribution in [0.1, 0.15) is 16.7 Å². The highest BCUT2D eigenvalue weighted by Gasteiger charge is 2.33. The Bertz CT molecular complexity index is 1480. The molecular formula is C27H31N3O5S2. The van der Waals surface area contributed by atoms with Crippen molar-refractivity contribution in [2.45, 2.75) is 30.6 Å². The third kappa shape index (κ3) is 5.71. The van der Waals surface area contributed by atoms with E-state index in [-0.39, 0.29) is 48.4 Å². The fourth-order valence-corrected chi connectivity index (χ4v) is 7.29. The lowest BCUT2D eigenvalue weighted by molar-refractivity contribution is -0.130. The number of hydrogen-bond donors (Lipinski definition) is 0. The van der Waals surface area contributed by atoms with Gasteiger partial charge in [-0.3, -0.25) is 9.10 Å². The zero-order chi connectivity index (χ0) is 26.8. The van der Waals surface area contributed by atoms with Gasteiger partial charge in [0.25, 0.3) is 10.0 Å². The van der Waals surface area contributed by atoms with E-state index in [1.165, 1.54) is 21.3 Å². The molecule has 0 saturated carbocycles. The van der Waals surface area contributed by atoms with Gasteiger partial charge in [0.05, 0.1) is 15.5 Å². The molecule has 1 aliphatic rings. The molecule has 0 N–H and O–H groups in total. The molecule has 37 heavy (non-hydrogen) atoms. The summed E-state index contributed by atoms with van der Waals surface area (Å²) < 4.78 is 55.8. The van der Waals surface area contributed by atoms with Crippen molar-refractivity contribution in [1.82, 2.24) is 9.21 Å². The maximum atomic E-state index is 13.6. The zero-order valence-corrected chi connectivity index (χ0v) is 22.8. The van der Waals surface area contributed by atoms with Crippen molar-refractivity contribution in [2.24, 2.45) is 0 Å². The Morgan fingerprint density at radius 1 is 0.757 bits per heavy atom. The summed E-state index contributed by atoms with van der Waals surface area (Å²) in [6.45, 7) is 5.86. The lowest BCUT2D eigenvalue weighted by Gasteiger charge is -2.35. The van der Waals surface area contributed by atoms with E-state index in [0.29, 0.717) is 5.69 Å². The van der Waals surface area contributed by atoms with Crippen molar-refractivity contribution in [2.75, 3.05) is 37.0 Å². The number of carbonyl (C=O) groups excluding carboxylic acids is 1. The average molecular weight is 542 g/mol. The maximum Gasteiger partial charge on any atom is 0.264 e. The molecule has 1 aliphatic heterocycles. The quantitative estimate of drug-likeness (QED) is 0.457. The van der Waals surface area contributed by atoms with Gasteiger partial charge >= 0.3 is 0 Å². The van der Waals surface area contributed by atoms with Crippen LogP contribution < -0.4 is 4.31 Å². The minimum atomic E-state index is -4.02. The topological polar surface area (TPSA) is 95.1 Å². The van der Waals surface area contributed by atoms with Crippen molar-refractivity contribution >= 4 is 31.6 Å². The molecule has 1 fully saturated rings. The first-order valence-corrected chi connectivity index (χ1v) is 14.9. The molecule has 3 aromatic rings. The third-order valence-corrected chi connectivity index (χ3v) is 10.2. The van der Waals surface area contributed by atoms with Gasteiger partial charge < -0.3 is 4.90 Å². The summed E-state index contributed by atoms with van der Waals surface area (Å²) in [6.07, 6.45) is 0. The summed E-state index contributed by atoms with van der Waals surface area (Å²) >= 11 is 0. The molecule has 0 unspecified atom stereocenters. The van der Waals surface area contributed by atoms with Crippen molar-refractivity contribution < 1.29 is 21.6 Å². The number of aryl methyl sites for hydroxylation is 3. The Morgan fingerprint density at radius 3 is 1.95 bits per heavy atom. The standard InChI is InChI=1S/C27H31N3O5S2/c1-21-9-12-25(13-10-21)36(32,33)29-17-15-28(16-18-29)27(31)20-30(26-14-11-22(2)19-23(26)3)37(34,35)24-7-5-4-6-8-24/h4-14,19H,15-18,20H2,1-3H3. The molecule has 1 amide bonds. The van der Waals surface area contributed by atoms with Crippen LogP contribution in [0.25, 0.3) is 0 Å². The van der Waals surface area contributed by atoms with E-state index >= 15 is 0 Å². The van der Waals surface area contributed by atoms with Gasteiger partial charge in [0.15, 0.2) is 0 Å². The molecule has 10 heteroatoms. The zero-order valence-electron chi connectivity index (χ0n) is 21.2. The summed E-state index contributed by atoms with van der Waals surface area (Å²) in [6, 6.07) is 20.1. The fraction of sp³-hybridized carbons (Fsp3) is 0.296. The Labute approximate surface area is 219 Å². The molecule has 8 nitrogen and oxygen atoms in total. The second-order valence-electron chi connectivity index (χ2n) is 9.21. The van der Waals surface area contributed by atoms with E-state index in [9.17, 15) is 21.6 Å². The average Bonchev–Trinajstić information content (AvgIpc) is 2.88. The monoisotopic (exact) mass is 541 g/mol. The highest BCUT2D eigenvalue weighted by molar-refractivity contribution is 7.92. The van der Waals surface area contributed by atoms with Gasteiger partial charge in [-0.05, 0) is 56.7 Å². The number of sulfonamides is 2. The molecule has 0 bridgehead atoms. The van der Waals surface area contributed by atoms with E-state index in [1.807, 2.05) is 32.9 Å². The lowest BCUT2D eigenvalue weighted by Crippen LogP contribution is -2.53. The molecule has 1 heterocycles. The summed E-state index contributed by atoms with van der Waals surface area (Å²) in [5.74, 6) is -0.383. The first-order valence-electron chi connectivity index (χ1n) is 12.0. The summed E-state index contributed by atoms with van der Waals surface area (Å²) in [4.78, 5) is 15.2. The highest BCUT2D eigenvalue weighted by Crippen LogP contribution is 2.28. The SMILES string of the molecule is Cc1ccc(S(=O)(=O)N2CCN(C(=O)CN(c3ccc(C)cc3C)S(=O)(=O)c3ccccc3)CC2)cc1. The van der Waals surface area contributed by atoms with Crippen LogP contribution in [-0.2, 0) is 24.8 Å². The minimum Gasteiger partial charge on any atom is -0.338 e. The second-order valence-corrected chi connectivity index (χ2v) is 13.0. The minimum absolute atomic E-state index is 0.0942. The van der Waals surface area contributed by atoms with Crippen molar-refractivity contribution in [3.63, 3.8) is 0 Å². The number of carbonyl (C=O) groups is 1.